The topological polar surface area (TPSA) is 78.3 Å². The van der Waals surface area contributed by atoms with Crippen molar-refractivity contribution in [2.75, 3.05) is 18.0 Å². The van der Waals surface area contributed by atoms with E-state index in [0.717, 1.165) is 12.8 Å². The van der Waals surface area contributed by atoms with Gasteiger partial charge in [0.25, 0.3) is 5.56 Å². The van der Waals surface area contributed by atoms with Crippen LogP contribution < -0.4 is 16.1 Å². The summed E-state index contributed by atoms with van der Waals surface area (Å²) in [5.41, 5.74) is 0.944. The Hall–Kier alpha value is -2.41. The van der Waals surface area contributed by atoms with Gasteiger partial charge in [-0.3, -0.25) is 14.3 Å². The van der Waals surface area contributed by atoms with Crippen LogP contribution in [0.1, 0.15) is 30.0 Å². The summed E-state index contributed by atoms with van der Waals surface area (Å²) < 4.78 is 17.0. The molecule has 0 radical (unpaired) electrons. The minimum atomic E-state index is -0.533. The van der Waals surface area contributed by atoms with Crippen LogP contribution in [0.25, 0.3) is 10.9 Å². The Kier molecular flexibility index (Phi) is 3.44. The first kappa shape index (κ1) is 16.7. The van der Waals surface area contributed by atoms with E-state index >= 15 is 4.39 Å². The molecule has 27 heavy (non-hydrogen) atoms. The summed E-state index contributed by atoms with van der Waals surface area (Å²) in [4.78, 5) is 29.3. The van der Waals surface area contributed by atoms with Crippen molar-refractivity contribution < 1.29 is 9.50 Å². The van der Waals surface area contributed by atoms with Gasteiger partial charge in [0, 0.05) is 42.1 Å². The number of aromatic amines is 1. The van der Waals surface area contributed by atoms with Crippen LogP contribution in [-0.2, 0) is 0 Å². The van der Waals surface area contributed by atoms with Crippen LogP contribution in [0.5, 0.6) is 0 Å². The summed E-state index contributed by atoms with van der Waals surface area (Å²) in [5, 5.41) is 10.4. The monoisotopic (exact) mass is 371 g/mol. The van der Waals surface area contributed by atoms with Crippen molar-refractivity contribution >= 4 is 16.6 Å². The highest BCUT2D eigenvalue weighted by Gasteiger charge is 2.40. The highest BCUT2D eigenvalue weighted by molar-refractivity contribution is 5.90. The molecule has 2 aliphatic carbocycles. The third kappa shape index (κ3) is 2.27. The van der Waals surface area contributed by atoms with Crippen molar-refractivity contribution in [3.05, 3.63) is 49.9 Å². The number of nitrogens with one attached hydrogen (secondary N) is 1. The average molecular weight is 371 g/mol. The number of aliphatic hydroxyl groups is 1. The predicted molar refractivity (Wildman–Crippen MR) is 101 cm³/mol. The normalized spacial score (nSPS) is 27.0. The van der Waals surface area contributed by atoms with Gasteiger partial charge in [-0.1, -0.05) is 12.2 Å². The molecule has 1 saturated carbocycles. The van der Waals surface area contributed by atoms with Crippen LogP contribution in [0.3, 0.4) is 0 Å². The molecule has 3 aliphatic rings. The summed E-state index contributed by atoms with van der Waals surface area (Å²) in [6, 6.07) is 0.0657. The summed E-state index contributed by atoms with van der Waals surface area (Å²) in [6.07, 6.45) is 5.08. The van der Waals surface area contributed by atoms with Crippen LogP contribution >= 0.6 is 0 Å². The largest absolute Gasteiger partial charge is 0.389 e. The molecule has 1 aromatic heterocycles. The van der Waals surface area contributed by atoms with Gasteiger partial charge in [0.2, 0.25) is 0 Å². The average Bonchev–Trinajstić information content (AvgIpc) is 3.27. The number of aromatic nitrogens is 2. The third-order valence-corrected chi connectivity index (χ3v) is 6.40. The quantitative estimate of drug-likeness (QED) is 0.789. The van der Waals surface area contributed by atoms with Gasteiger partial charge in [-0.2, -0.15) is 0 Å². The molecule has 0 spiro atoms. The fraction of sp³-hybridized carbons (Fsp3) is 0.500. The molecule has 2 heterocycles. The van der Waals surface area contributed by atoms with E-state index < -0.39 is 23.2 Å². The molecule has 6 nitrogen and oxygen atoms in total. The van der Waals surface area contributed by atoms with E-state index in [-0.39, 0.29) is 28.8 Å². The first-order valence-electron chi connectivity index (χ1n) is 9.47. The van der Waals surface area contributed by atoms with Crippen LogP contribution in [0, 0.1) is 31.5 Å². The molecular weight excluding hydrogens is 349 g/mol. The number of fused-ring (bicyclic) bond motifs is 2. The number of H-pyrrole nitrogens is 1. The molecule has 3 unspecified atom stereocenters. The summed E-state index contributed by atoms with van der Waals surface area (Å²) in [7, 11) is 0. The SMILES string of the molecule is Cc1c(F)c(N2CC3C=CC(O)C3C2)c(C)c2c1c(=O)[nH]c(=O)n2C1CC1. The number of anilines is 1. The molecule has 142 valence electrons. The Morgan fingerprint density at radius 2 is 1.89 bits per heavy atom. The van der Waals surface area contributed by atoms with E-state index in [2.05, 4.69) is 4.98 Å². The lowest BCUT2D eigenvalue weighted by molar-refractivity contribution is 0.162. The molecule has 2 aromatic rings. The molecule has 2 fully saturated rings. The smallest absolute Gasteiger partial charge is 0.329 e. The van der Waals surface area contributed by atoms with Gasteiger partial charge in [0.15, 0.2) is 5.82 Å². The fourth-order valence-electron chi connectivity index (χ4n) is 4.89. The predicted octanol–water partition coefficient (Wildman–Crippen LogP) is 1.76. The molecule has 7 heteroatoms. The highest BCUT2D eigenvalue weighted by atomic mass is 19.1. The zero-order valence-electron chi connectivity index (χ0n) is 15.3. The lowest BCUT2D eigenvalue weighted by Gasteiger charge is -2.25. The summed E-state index contributed by atoms with van der Waals surface area (Å²) in [6.45, 7) is 4.57. The van der Waals surface area contributed by atoms with Crippen LogP contribution in [0.2, 0.25) is 0 Å². The van der Waals surface area contributed by atoms with Gasteiger partial charge in [-0.15, -0.1) is 0 Å². The van der Waals surface area contributed by atoms with Gasteiger partial charge in [-0.05, 0) is 26.7 Å². The molecule has 5 rings (SSSR count). The minimum Gasteiger partial charge on any atom is -0.389 e. The first-order chi connectivity index (χ1) is 12.9. The number of nitrogens with zero attached hydrogens (tertiary/aromatic N) is 2. The zero-order valence-corrected chi connectivity index (χ0v) is 15.3. The maximum Gasteiger partial charge on any atom is 0.329 e. The van der Waals surface area contributed by atoms with E-state index in [1.807, 2.05) is 17.1 Å². The van der Waals surface area contributed by atoms with E-state index in [4.69, 9.17) is 0 Å². The van der Waals surface area contributed by atoms with Crippen molar-refractivity contribution in [1.29, 1.82) is 0 Å². The fourth-order valence-corrected chi connectivity index (χ4v) is 4.89. The number of aliphatic hydroxyl groups excluding tert-OH is 1. The number of benzene rings is 1. The lowest BCUT2D eigenvalue weighted by atomic mass is 9.98. The van der Waals surface area contributed by atoms with Gasteiger partial charge in [0.1, 0.15) is 0 Å². The number of halogens is 1. The van der Waals surface area contributed by atoms with E-state index in [0.29, 0.717) is 29.9 Å². The van der Waals surface area contributed by atoms with Crippen molar-refractivity contribution in [2.45, 2.75) is 38.8 Å². The standard InChI is InChI=1S/C20H22FN3O3/c1-9-15-17(24(12-4-5-12)20(27)22-19(15)26)10(2)18(16(9)21)23-7-11-3-6-14(25)13(11)8-23/h3,6,11-14,25H,4-5,7-8H2,1-2H3,(H,22,26,27). The van der Waals surface area contributed by atoms with Gasteiger partial charge in [-0.25, -0.2) is 9.18 Å². The van der Waals surface area contributed by atoms with Gasteiger partial charge < -0.3 is 10.0 Å². The zero-order chi connectivity index (χ0) is 19.0. The number of rotatable bonds is 2. The number of hydrogen-bond donors (Lipinski definition) is 2. The van der Waals surface area contributed by atoms with Crippen LogP contribution in [0.4, 0.5) is 10.1 Å². The van der Waals surface area contributed by atoms with Crippen molar-refractivity contribution in [3.8, 4) is 0 Å². The molecule has 1 saturated heterocycles. The Morgan fingerprint density at radius 3 is 2.56 bits per heavy atom. The molecule has 1 aromatic carbocycles. The van der Waals surface area contributed by atoms with E-state index in [1.165, 1.54) is 0 Å². The molecule has 0 bridgehead atoms. The van der Waals surface area contributed by atoms with Gasteiger partial charge >= 0.3 is 5.69 Å². The van der Waals surface area contributed by atoms with Gasteiger partial charge in [0.05, 0.1) is 22.7 Å². The second-order valence-corrected chi connectivity index (χ2v) is 8.10. The minimum absolute atomic E-state index is 0.0598. The first-order valence-corrected chi connectivity index (χ1v) is 9.47. The molecule has 3 atom stereocenters. The maximum atomic E-state index is 15.4. The lowest BCUT2D eigenvalue weighted by Crippen LogP contribution is -2.32. The Morgan fingerprint density at radius 1 is 1.15 bits per heavy atom. The van der Waals surface area contributed by atoms with Crippen LogP contribution in [0.15, 0.2) is 21.7 Å². The van der Waals surface area contributed by atoms with Crippen LogP contribution in [-0.4, -0.2) is 33.9 Å². The molecule has 2 N–H and O–H groups in total. The second-order valence-electron chi connectivity index (χ2n) is 8.10. The number of aryl methyl sites for hydroxylation is 2. The maximum absolute atomic E-state index is 15.4. The Balaban J connectivity index is 1.77. The number of hydrogen-bond acceptors (Lipinski definition) is 4. The van der Waals surface area contributed by atoms with E-state index in [1.54, 1.807) is 18.4 Å². The summed E-state index contributed by atoms with van der Waals surface area (Å²) >= 11 is 0. The van der Waals surface area contributed by atoms with Crippen molar-refractivity contribution in [2.24, 2.45) is 11.8 Å². The second kappa shape index (κ2) is 5.55. The molecule has 1 aliphatic heterocycles. The molecular formula is C20H22FN3O3. The third-order valence-electron chi connectivity index (χ3n) is 6.40. The Bertz CT molecular complexity index is 1110. The van der Waals surface area contributed by atoms with Crippen molar-refractivity contribution in [1.82, 2.24) is 9.55 Å². The van der Waals surface area contributed by atoms with Crippen molar-refractivity contribution in [3.63, 3.8) is 0 Å². The van der Waals surface area contributed by atoms with E-state index in [9.17, 15) is 14.7 Å². The molecule has 0 amide bonds. The Labute approximate surface area is 154 Å². The highest BCUT2D eigenvalue weighted by Crippen LogP contribution is 2.42. The summed E-state index contributed by atoms with van der Waals surface area (Å²) in [5.74, 6) is -0.158.